The van der Waals surface area contributed by atoms with Gasteiger partial charge in [-0.25, -0.2) is 4.98 Å². The van der Waals surface area contributed by atoms with Crippen molar-refractivity contribution < 1.29 is 26.7 Å². The van der Waals surface area contributed by atoms with Crippen molar-refractivity contribution in [3.63, 3.8) is 0 Å². The minimum atomic E-state index is -4.70. The first-order valence-electron chi connectivity index (χ1n) is 9.43. The molecule has 0 fully saturated rings. The van der Waals surface area contributed by atoms with E-state index >= 15 is 0 Å². The number of alkyl halides is 5. The smallest absolute Gasteiger partial charge is 0.348 e. The first-order valence-corrected chi connectivity index (χ1v) is 9.43. The molecule has 0 atom stereocenters. The minimum absolute atomic E-state index is 0.127. The third-order valence-corrected chi connectivity index (χ3v) is 5.25. The second-order valence-electron chi connectivity index (χ2n) is 7.31. The van der Waals surface area contributed by atoms with Crippen LogP contribution < -0.4 is 0 Å². The molecule has 1 aliphatic heterocycles. The molecule has 0 unspecified atom stereocenters. The highest BCUT2D eigenvalue weighted by molar-refractivity contribution is 5.78. The zero-order valence-corrected chi connectivity index (χ0v) is 16.1. The molecule has 1 amide bonds. The third kappa shape index (κ3) is 4.28. The number of fused-ring (bicyclic) bond motifs is 1. The van der Waals surface area contributed by atoms with Gasteiger partial charge in [-0.3, -0.25) is 9.78 Å². The lowest BCUT2D eigenvalue weighted by molar-refractivity contribution is -0.141. The molecule has 1 N–H and O–H groups in total. The van der Waals surface area contributed by atoms with Gasteiger partial charge in [-0.15, -0.1) is 0 Å². The second-order valence-corrected chi connectivity index (χ2v) is 7.31. The molecule has 0 radical (unpaired) electrons. The van der Waals surface area contributed by atoms with E-state index in [-0.39, 0.29) is 24.4 Å². The van der Waals surface area contributed by atoms with Crippen molar-refractivity contribution in [2.75, 3.05) is 6.54 Å². The predicted molar refractivity (Wildman–Crippen MR) is 100 cm³/mol. The van der Waals surface area contributed by atoms with E-state index in [4.69, 9.17) is 0 Å². The molecule has 0 saturated heterocycles. The summed E-state index contributed by atoms with van der Waals surface area (Å²) in [6.45, 7) is 0.649. The number of aromatic nitrogens is 3. The van der Waals surface area contributed by atoms with Crippen LogP contribution in [0.3, 0.4) is 0 Å². The monoisotopic (exact) mass is 436 g/mol. The van der Waals surface area contributed by atoms with Gasteiger partial charge in [-0.2, -0.15) is 22.0 Å². The lowest BCUT2D eigenvalue weighted by atomic mass is 9.93. The summed E-state index contributed by atoms with van der Waals surface area (Å²) in [5.41, 5.74) is -0.133. The van der Waals surface area contributed by atoms with E-state index in [1.165, 1.54) is 18.5 Å². The van der Waals surface area contributed by atoms with Gasteiger partial charge in [0.25, 0.3) is 5.92 Å². The summed E-state index contributed by atoms with van der Waals surface area (Å²) in [6, 6.07) is 5.42. The minimum Gasteiger partial charge on any atom is -0.348 e. The number of nitrogens with zero attached hydrogens (tertiary/aromatic N) is 3. The molecular weight excluding hydrogens is 419 g/mol. The van der Waals surface area contributed by atoms with Crippen LogP contribution in [0.25, 0.3) is 0 Å². The molecule has 31 heavy (non-hydrogen) atoms. The van der Waals surface area contributed by atoms with Crippen molar-refractivity contribution in [3.8, 4) is 0 Å². The van der Waals surface area contributed by atoms with E-state index in [0.717, 1.165) is 11.6 Å². The van der Waals surface area contributed by atoms with E-state index in [1.807, 2.05) is 0 Å². The largest absolute Gasteiger partial charge is 0.433 e. The molecule has 3 aromatic rings. The van der Waals surface area contributed by atoms with E-state index in [0.29, 0.717) is 36.5 Å². The van der Waals surface area contributed by atoms with Gasteiger partial charge in [-0.05, 0) is 35.7 Å². The molecular formula is C21H17F5N4O. The van der Waals surface area contributed by atoms with Crippen LogP contribution in [0.15, 0.2) is 49.1 Å². The summed E-state index contributed by atoms with van der Waals surface area (Å²) >= 11 is 0. The SMILES string of the molecule is O=C(Cc1cnc[nH]1)N1CCc2ccc(C(F)(F)c3ccc(C(F)(F)F)nc3)cc2C1. The van der Waals surface area contributed by atoms with Gasteiger partial charge in [0.05, 0.1) is 12.7 Å². The maximum atomic E-state index is 15.0. The van der Waals surface area contributed by atoms with Crippen molar-refractivity contribution in [2.24, 2.45) is 0 Å². The molecule has 1 aliphatic rings. The molecule has 10 heteroatoms. The van der Waals surface area contributed by atoms with Gasteiger partial charge in [0.2, 0.25) is 5.91 Å². The number of carbonyl (C=O) groups excluding carboxylic acids is 1. The Labute approximate surface area is 173 Å². The number of benzene rings is 1. The summed E-state index contributed by atoms with van der Waals surface area (Å²) in [4.78, 5) is 24.0. The maximum absolute atomic E-state index is 15.0. The Bertz CT molecular complexity index is 1080. The van der Waals surface area contributed by atoms with E-state index in [2.05, 4.69) is 15.0 Å². The van der Waals surface area contributed by atoms with Crippen LogP contribution in [0, 0.1) is 0 Å². The highest BCUT2D eigenvalue weighted by atomic mass is 19.4. The Hall–Kier alpha value is -3.30. The number of aromatic amines is 1. The maximum Gasteiger partial charge on any atom is 0.433 e. The summed E-state index contributed by atoms with van der Waals surface area (Å²) in [7, 11) is 0. The molecule has 1 aromatic carbocycles. The zero-order chi connectivity index (χ0) is 22.2. The average Bonchev–Trinajstić information content (AvgIpc) is 3.25. The van der Waals surface area contributed by atoms with Gasteiger partial charge >= 0.3 is 6.18 Å². The van der Waals surface area contributed by atoms with Crippen molar-refractivity contribution in [2.45, 2.75) is 31.5 Å². The zero-order valence-electron chi connectivity index (χ0n) is 16.1. The lowest BCUT2D eigenvalue weighted by Gasteiger charge is -2.30. The number of hydrogen-bond acceptors (Lipinski definition) is 3. The normalized spacial score (nSPS) is 14.4. The van der Waals surface area contributed by atoms with Crippen molar-refractivity contribution in [1.82, 2.24) is 19.9 Å². The standard InChI is InChI=1S/C21H17F5N4O/c22-20(23,16-3-4-18(28-9-16)21(24,25)26)15-2-1-13-5-6-30(11-14(13)7-15)19(31)8-17-10-27-12-29-17/h1-4,7,9-10,12H,5-6,8,11H2,(H,27,29). The molecule has 3 heterocycles. The topological polar surface area (TPSA) is 61.9 Å². The molecule has 0 saturated carbocycles. The first kappa shape index (κ1) is 21.0. The highest BCUT2D eigenvalue weighted by Crippen LogP contribution is 2.38. The lowest BCUT2D eigenvalue weighted by Crippen LogP contribution is -2.37. The summed E-state index contributed by atoms with van der Waals surface area (Å²) < 4.78 is 67.9. The summed E-state index contributed by atoms with van der Waals surface area (Å²) in [5.74, 6) is -3.69. The van der Waals surface area contributed by atoms with E-state index in [1.54, 1.807) is 17.2 Å². The van der Waals surface area contributed by atoms with Gasteiger partial charge in [-0.1, -0.05) is 12.1 Å². The molecule has 0 aliphatic carbocycles. The number of imidazole rings is 1. The third-order valence-electron chi connectivity index (χ3n) is 5.25. The first-order chi connectivity index (χ1) is 14.6. The Balaban J connectivity index is 1.55. The van der Waals surface area contributed by atoms with Gasteiger partial charge in [0.1, 0.15) is 5.69 Å². The quantitative estimate of drug-likeness (QED) is 0.627. The Kier molecular flexibility index (Phi) is 5.24. The van der Waals surface area contributed by atoms with Crippen molar-refractivity contribution in [3.05, 3.63) is 82.7 Å². The van der Waals surface area contributed by atoms with Crippen molar-refractivity contribution in [1.29, 1.82) is 0 Å². The van der Waals surface area contributed by atoms with Crippen LogP contribution in [-0.4, -0.2) is 32.3 Å². The molecule has 162 valence electrons. The van der Waals surface area contributed by atoms with Crippen LogP contribution in [0.1, 0.15) is 33.6 Å². The molecule has 0 bridgehead atoms. The van der Waals surface area contributed by atoms with Crippen LogP contribution in [0.5, 0.6) is 0 Å². The summed E-state index contributed by atoms with van der Waals surface area (Å²) in [6.07, 6.45) is -0.487. The summed E-state index contributed by atoms with van der Waals surface area (Å²) in [5, 5.41) is 0. The van der Waals surface area contributed by atoms with Gasteiger partial charge < -0.3 is 9.88 Å². The van der Waals surface area contributed by atoms with Gasteiger partial charge in [0, 0.05) is 42.3 Å². The number of hydrogen-bond donors (Lipinski definition) is 1. The van der Waals surface area contributed by atoms with Crippen LogP contribution in [-0.2, 0) is 36.3 Å². The van der Waals surface area contributed by atoms with Gasteiger partial charge in [0.15, 0.2) is 0 Å². The van der Waals surface area contributed by atoms with Crippen LogP contribution in [0.2, 0.25) is 0 Å². The molecule has 0 spiro atoms. The Morgan fingerprint density at radius 2 is 1.81 bits per heavy atom. The Morgan fingerprint density at radius 1 is 1.03 bits per heavy atom. The second kappa shape index (κ2) is 7.75. The van der Waals surface area contributed by atoms with Crippen LogP contribution in [0.4, 0.5) is 22.0 Å². The number of amides is 1. The number of nitrogens with one attached hydrogen (secondary N) is 1. The molecule has 2 aromatic heterocycles. The number of pyridine rings is 1. The number of halogens is 5. The fourth-order valence-electron chi connectivity index (χ4n) is 3.54. The van der Waals surface area contributed by atoms with Crippen molar-refractivity contribution >= 4 is 5.91 Å². The fraction of sp³-hybridized carbons (Fsp3) is 0.286. The average molecular weight is 436 g/mol. The molecule has 4 rings (SSSR count). The Morgan fingerprint density at radius 3 is 2.45 bits per heavy atom. The molecule has 5 nitrogen and oxygen atoms in total. The number of carbonyl (C=O) groups is 1. The van der Waals surface area contributed by atoms with Crippen LogP contribution >= 0.6 is 0 Å². The predicted octanol–water partition coefficient (Wildman–Crippen LogP) is 4.09. The van der Waals surface area contributed by atoms with E-state index in [9.17, 15) is 26.7 Å². The number of rotatable bonds is 4. The highest BCUT2D eigenvalue weighted by Gasteiger charge is 2.38. The fourth-order valence-corrected chi connectivity index (χ4v) is 3.54. The van der Waals surface area contributed by atoms with E-state index < -0.39 is 23.4 Å². The number of H-pyrrole nitrogens is 1.